The quantitative estimate of drug-likeness (QED) is 0.754. The molecule has 1 aliphatic rings. The molecule has 4 nitrogen and oxygen atoms in total. The zero-order valence-electron chi connectivity index (χ0n) is 13.7. The van der Waals surface area contributed by atoms with Gasteiger partial charge in [0.2, 0.25) is 0 Å². The van der Waals surface area contributed by atoms with Gasteiger partial charge < -0.3 is 10.3 Å². The van der Waals surface area contributed by atoms with Crippen LogP contribution in [0.15, 0.2) is 42.6 Å². The summed E-state index contributed by atoms with van der Waals surface area (Å²) in [6.45, 7) is 0.620. The molecule has 3 aromatic rings. The number of rotatable bonds is 3. The van der Waals surface area contributed by atoms with Gasteiger partial charge in [-0.2, -0.15) is 0 Å². The van der Waals surface area contributed by atoms with Crippen molar-refractivity contribution in [3.63, 3.8) is 0 Å². The van der Waals surface area contributed by atoms with Gasteiger partial charge in [-0.05, 0) is 48.6 Å². The van der Waals surface area contributed by atoms with Gasteiger partial charge in [0.1, 0.15) is 11.6 Å². The predicted octanol–water partition coefficient (Wildman–Crippen LogP) is 3.81. The number of hydrogen-bond donors (Lipinski definition) is 2. The van der Waals surface area contributed by atoms with Crippen molar-refractivity contribution in [2.45, 2.75) is 6.42 Å². The maximum Gasteiger partial charge on any atom is 0.253 e. The number of halogens is 2. The van der Waals surface area contributed by atoms with E-state index in [1.165, 1.54) is 6.08 Å². The van der Waals surface area contributed by atoms with Gasteiger partial charge in [0.25, 0.3) is 5.91 Å². The molecule has 0 spiro atoms. The second kappa shape index (κ2) is 6.55. The third-order valence-corrected chi connectivity index (χ3v) is 4.29. The predicted molar refractivity (Wildman–Crippen MR) is 95.3 cm³/mol. The molecule has 4 rings (SSSR count). The van der Waals surface area contributed by atoms with Crippen molar-refractivity contribution in [2.75, 3.05) is 6.54 Å². The molecule has 0 atom stereocenters. The number of aromatic nitrogens is 2. The number of aromatic amines is 1. The molecule has 0 radical (unpaired) electrons. The maximum atomic E-state index is 13.7. The number of nitrogens with zero attached hydrogens (tertiary/aromatic N) is 1. The molecule has 0 saturated carbocycles. The smallest absolute Gasteiger partial charge is 0.253 e. The van der Waals surface area contributed by atoms with Crippen molar-refractivity contribution in [3.05, 3.63) is 76.7 Å². The lowest BCUT2D eigenvalue weighted by molar-refractivity contribution is 0.0946. The molecule has 1 aliphatic heterocycles. The van der Waals surface area contributed by atoms with E-state index in [1.54, 1.807) is 12.3 Å². The van der Waals surface area contributed by atoms with Crippen molar-refractivity contribution >= 4 is 18.1 Å². The standard InChI is InChI=1S/C20H15F2N3O/c21-14-2-4-17(22)12(9-14)1-3-15-10-13(5-7-23-15)19-11-16-18(25-19)6-8-24-20(16)26/h1-5,7,9-11,25H,6,8H2,(H,24,26). The van der Waals surface area contributed by atoms with Crippen molar-refractivity contribution in [1.82, 2.24) is 15.3 Å². The molecule has 0 saturated heterocycles. The monoisotopic (exact) mass is 351 g/mol. The van der Waals surface area contributed by atoms with E-state index in [1.807, 2.05) is 18.2 Å². The van der Waals surface area contributed by atoms with Crippen LogP contribution >= 0.6 is 0 Å². The number of nitrogens with one attached hydrogen (secondary N) is 2. The first-order valence-corrected chi connectivity index (χ1v) is 8.20. The van der Waals surface area contributed by atoms with E-state index in [4.69, 9.17) is 0 Å². The Kier molecular flexibility index (Phi) is 4.08. The van der Waals surface area contributed by atoms with Crippen LogP contribution in [0.25, 0.3) is 23.4 Å². The first-order chi connectivity index (χ1) is 12.6. The summed E-state index contributed by atoms with van der Waals surface area (Å²) in [7, 11) is 0. The number of H-pyrrole nitrogens is 1. The highest BCUT2D eigenvalue weighted by atomic mass is 19.1. The van der Waals surface area contributed by atoms with Crippen LogP contribution in [0.1, 0.15) is 27.3 Å². The highest BCUT2D eigenvalue weighted by Crippen LogP contribution is 2.24. The van der Waals surface area contributed by atoms with E-state index < -0.39 is 11.6 Å². The SMILES string of the molecule is O=C1NCCc2[nH]c(-c3ccnc(C=Cc4cc(F)ccc4F)c3)cc21. The van der Waals surface area contributed by atoms with Gasteiger partial charge in [0.05, 0.1) is 11.3 Å². The molecule has 130 valence electrons. The fraction of sp³-hybridized carbons (Fsp3) is 0.100. The minimum atomic E-state index is -0.498. The lowest BCUT2D eigenvalue weighted by Crippen LogP contribution is -2.31. The lowest BCUT2D eigenvalue weighted by Gasteiger charge is -2.10. The molecule has 0 bridgehead atoms. The number of benzene rings is 1. The average molecular weight is 351 g/mol. The first kappa shape index (κ1) is 16.2. The van der Waals surface area contributed by atoms with E-state index in [2.05, 4.69) is 15.3 Å². The molecule has 0 fully saturated rings. The van der Waals surface area contributed by atoms with Gasteiger partial charge in [-0.1, -0.05) is 0 Å². The minimum Gasteiger partial charge on any atom is -0.358 e. The fourth-order valence-corrected chi connectivity index (χ4v) is 2.97. The van der Waals surface area contributed by atoms with Crippen molar-refractivity contribution in [3.8, 4) is 11.3 Å². The Morgan fingerprint density at radius 3 is 2.81 bits per heavy atom. The van der Waals surface area contributed by atoms with E-state index in [-0.39, 0.29) is 11.5 Å². The van der Waals surface area contributed by atoms with Crippen LogP contribution in [-0.4, -0.2) is 22.4 Å². The molecule has 6 heteroatoms. The molecule has 26 heavy (non-hydrogen) atoms. The zero-order valence-corrected chi connectivity index (χ0v) is 13.7. The van der Waals surface area contributed by atoms with Crippen LogP contribution in [0.3, 0.4) is 0 Å². The summed E-state index contributed by atoms with van der Waals surface area (Å²) in [4.78, 5) is 19.4. The Labute approximate surface area is 148 Å². The molecule has 1 amide bonds. The van der Waals surface area contributed by atoms with E-state index in [9.17, 15) is 13.6 Å². The topological polar surface area (TPSA) is 57.8 Å². The second-order valence-electron chi connectivity index (χ2n) is 6.05. The van der Waals surface area contributed by atoms with Gasteiger partial charge in [-0.25, -0.2) is 8.78 Å². The highest BCUT2D eigenvalue weighted by Gasteiger charge is 2.19. The van der Waals surface area contributed by atoms with E-state index >= 15 is 0 Å². The Bertz CT molecular complexity index is 1020. The van der Waals surface area contributed by atoms with Crippen molar-refractivity contribution in [1.29, 1.82) is 0 Å². The second-order valence-corrected chi connectivity index (χ2v) is 6.05. The molecule has 3 heterocycles. The number of amides is 1. The lowest BCUT2D eigenvalue weighted by atomic mass is 10.1. The summed E-state index contributed by atoms with van der Waals surface area (Å²) in [5.74, 6) is -1.07. The van der Waals surface area contributed by atoms with Crippen LogP contribution in [-0.2, 0) is 6.42 Å². The summed E-state index contributed by atoms with van der Waals surface area (Å²) >= 11 is 0. The van der Waals surface area contributed by atoms with Crippen LogP contribution in [0.5, 0.6) is 0 Å². The summed E-state index contributed by atoms with van der Waals surface area (Å²) < 4.78 is 27.0. The zero-order chi connectivity index (χ0) is 18.1. The molecule has 0 unspecified atom stereocenters. The van der Waals surface area contributed by atoms with Gasteiger partial charge in [0.15, 0.2) is 0 Å². The minimum absolute atomic E-state index is 0.0792. The molecule has 2 aromatic heterocycles. The Morgan fingerprint density at radius 2 is 1.96 bits per heavy atom. The van der Waals surface area contributed by atoms with Gasteiger partial charge in [-0.15, -0.1) is 0 Å². The number of carbonyl (C=O) groups is 1. The van der Waals surface area contributed by atoms with Gasteiger partial charge in [0, 0.05) is 41.7 Å². The molecule has 2 N–H and O–H groups in total. The van der Waals surface area contributed by atoms with Gasteiger partial charge >= 0.3 is 0 Å². The number of fused-ring (bicyclic) bond motifs is 1. The Balaban J connectivity index is 1.64. The van der Waals surface area contributed by atoms with E-state index in [0.29, 0.717) is 17.8 Å². The maximum absolute atomic E-state index is 13.7. The van der Waals surface area contributed by atoms with Crippen LogP contribution in [0.2, 0.25) is 0 Å². The van der Waals surface area contributed by atoms with E-state index in [0.717, 1.165) is 41.6 Å². The highest BCUT2D eigenvalue weighted by molar-refractivity contribution is 5.97. The van der Waals surface area contributed by atoms with Crippen molar-refractivity contribution < 1.29 is 13.6 Å². The van der Waals surface area contributed by atoms with Crippen LogP contribution in [0, 0.1) is 11.6 Å². The number of pyridine rings is 1. The molecule has 0 aliphatic carbocycles. The molecule has 1 aromatic carbocycles. The Morgan fingerprint density at radius 1 is 1.08 bits per heavy atom. The summed E-state index contributed by atoms with van der Waals surface area (Å²) in [6.07, 6.45) is 5.50. The summed E-state index contributed by atoms with van der Waals surface area (Å²) in [5.41, 5.74) is 4.01. The first-order valence-electron chi connectivity index (χ1n) is 8.20. The van der Waals surface area contributed by atoms with Crippen LogP contribution < -0.4 is 5.32 Å². The summed E-state index contributed by atoms with van der Waals surface area (Å²) in [5, 5.41) is 2.81. The van der Waals surface area contributed by atoms with Crippen LogP contribution in [0.4, 0.5) is 8.78 Å². The van der Waals surface area contributed by atoms with Crippen molar-refractivity contribution in [2.24, 2.45) is 0 Å². The fourth-order valence-electron chi connectivity index (χ4n) is 2.97. The Hall–Kier alpha value is -3.28. The number of carbonyl (C=O) groups excluding carboxylic acids is 1. The average Bonchev–Trinajstić information content (AvgIpc) is 3.09. The summed E-state index contributed by atoms with van der Waals surface area (Å²) in [6, 6.07) is 8.77. The third kappa shape index (κ3) is 3.13. The molecular weight excluding hydrogens is 336 g/mol. The largest absolute Gasteiger partial charge is 0.358 e. The normalized spacial score (nSPS) is 13.7. The number of hydrogen-bond acceptors (Lipinski definition) is 2. The third-order valence-electron chi connectivity index (χ3n) is 4.29. The molecular formula is C20H15F2N3O. The van der Waals surface area contributed by atoms with Gasteiger partial charge in [-0.3, -0.25) is 9.78 Å².